The van der Waals surface area contributed by atoms with Crippen molar-refractivity contribution in [1.29, 1.82) is 0 Å². The van der Waals surface area contributed by atoms with Crippen molar-refractivity contribution in [3.8, 4) is 0 Å². The van der Waals surface area contributed by atoms with Crippen LogP contribution in [0.1, 0.15) is 44.2 Å². The topological polar surface area (TPSA) is 28.5 Å². The first kappa shape index (κ1) is 16.4. The molecule has 4 nitrogen and oxygen atoms in total. The van der Waals surface area contributed by atoms with Crippen LogP contribution < -0.4 is 0 Å². The minimum absolute atomic E-state index is 0.333. The van der Waals surface area contributed by atoms with Crippen molar-refractivity contribution >= 4 is 16.8 Å². The second-order valence-corrected chi connectivity index (χ2v) is 8.82. The quantitative estimate of drug-likeness (QED) is 0.846. The number of para-hydroxylation sites is 1. The maximum Gasteiger partial charge on any atom is 0.222 e. The predicted octanol–water partition coefficient (Wildman–Crippen LogP) is 3.55. The van der Waals surface area contributed by atoms with Crippen molar-refractivity contribution in [2.24, 2.45) is 12.5 Å². The summed E-state index contributed by atoms with van der Waals surface area (Å²) in [6.45, 7) is 4.35. The fraction of sp³-hybridized carbons (Fsp3) is 0.591. The van der Waals surface area contributed by atoms with Gasteiger partial charge in [0.15, 0.2) is 0 Å². The van der Waals surface area contributed by atoms with Gasteiger partial charge < -0.3 is 9.47 Å². The second-order valence-electron chi connectivity index (χ2n) is 8.82. The Morgan fingerprint density at radius 1 is 1.15 bits per heavy atom. The van der Waals surface area contributed by atoms with Crippen LogP contribution in [0.2, 0.25) is 0 Å². The molecule has 0 radical (unpaired) electrons. The van der Waals surface area contributed by atoms with E-state index < -0.39 is 0 Å². The largest absolute Gasteiger partial charge is 0.346 e. The van der Waals surface area contributed by atoms with Gasteiger partial charge in [0, 0.05) is 55.8 Å². The Bertz CT molecular complexity index is 837. The van der Waals surface area contributed by atoms with Gasteiger partial charge in [0.1, 0.15) is 0 Å². The maximum absolute atomic E-state index is 12.3. The third-order valence-corrected chi connectivity index (χ3v) is 6.86. The summed E-state index contributed by atoms with van der Waals surface area (Å²) in [7, 11) is 2.19. The van der Waals surface area contributed by atoms with Gasteiger partial charge in [-0.3, -0.25) is 9.69 Å². The average molecular weight is 351 g/mol. The van der Waals surface area contributed by atoms with E-state index in [2.05, 4.69) is 51.7 Å². The number of likely N-dealkylation sites (tertiary alicyclic amines) is 2. The summed E-state index contributed by atoms with van der Waals surface area (Å²) in [5.74, 6) is 0.406. The number of carbonyl (C=O) groups excluding carboxylic acids is 1. The fourth-order valence-corrected chi connectivity index (χ4v) is 5.27. The minimum atomic E-state index is 0.333. The van der Waals surface area contributed by atoms with Crippen molar-refractivity contribution in [1.82, 2.24) is 14.4 Å². The summed E-state index contributed by atoms with van der Waals surface area (Å²) in [5, 5.41) is 1.33. The molecule has 1 amide bonds. The van der Waals surface area contributed by atoms with Crippen LogP contribution in [0.3, 0.4) is 0 Å². The summed E-state index contributed by atoms with van der Waals surface area (Å²) < 4.78 is 2.34. The molecule has 1 aromatic heterocycles. The third-order valence-electron chi connectivity index (χ3n) is 6.86. The Morgan fingerprint density at radius 3 is 2.81 bits per heavy atom. The zero-order valence-corrected chi connectivity index (χ0v) is 15.8. The first-order valence-corrected chi connectivity index (χ1v) is 10.2. The highest BCUT2D eigenvalue weighted by molar-refractivity contribution is 5.81. The molecule has 4 heteroatoms. The van der Waals surface area contributed by atoms with Gasteiger partial charge in [-0.05, 0) is 56.2 Å². The highest BCUT2D eigenvalue weighted by atomic mass is 16.2. The lowest BCUT2D eigenvalue weighted by Crippen LogP contribution is -2.54. The molecule has 0 N–H and O–H groups in total. The molecule has 26 heavy (non-hydrogen) atoms. The molecular weight excluding hydrogens is 322 g/mol. The number of carbonyl (C=O) groups is 1. The van der Waals surface area contributed by atoms with E-state index in [1.54, 1.807) is 0 Å². The van der Waals surface area contributed by atoms with Gasteiger partial charge in [0.25, 0.3) is 0 Å². The molecule has 3 fully saturated rings. The highest BCUT2D eigenvalue weighted by Crippen LogP contribution is 2.42. The van der Waals surface area contributed by atoms with E-state index in [0.717, 1.165) is 32.5 Å². The normalized spacial score (nSPS) is 27.6. The molecule has 1 spiro atoms. The molecule has 3 heterocycles. The maximum atomic E-state index is 12.3. The van der Waals surface area contributed by atoms with Crippen LogP contribution in [0.4, 0.5) is 0 Å². The lowest BCUT2D eigenvalue weighted by Gasteiger charge is -2.48. The Hall–Kier alpha value is -1.81. The number of amides is 1. The number of benzene rings is 1. The molecule has 1 aliphatic carbocycles. The molecule has 1 aromatic carbocycles. The van der Waals surface area contributed by atoms with Crippen molar-refractivity contribution < 1.29 is 4.79 Å². The predicted molar refractivity (Wildman–Crippen MR) is 104 cm³/mol. The second kappa shape index (κ2) is 6.12. The summed E-state index contributed by atoms with van der Waals surface area (Å²) in [6.07, 6.45) is 6.84. The number of aryl methyl sites for hydroxylation is 1. The number of rotatable bonds is 3. The summed E-state index contributed by atoms with van der Waals surface area (Å²) in [5.41, 5.74) is 3.05. The number of piperidine rings is 2. The van der Waals surface area contributed by atoms with E-state index >= 15 is 0 Å². The molecule has 3 aliphatic rings. The number of hydrogen-bond acceptors (Lipinski definition) is 2. The molecule has 1 saturated carbocycles. The molecule has 138 valence electrons. The zero-order chi connectivity index (χ0) is 17.7. The standard InChI is InChI=1S/C22H29N3O/c1-23-19(13-17-5-2-3-6-20(17)23)14-24-12-4-10-22(15-24)11-9-21(26)25(16-22)18-7-8-18/h2-3,5-6,13,18H,4,7-12,14-16H2,1H3/t22-/m1/s1. The molecule has 0 unspecified atom stereocenters. The number of hydrogen-bond donors (Lipinski definition) is 0. The van der Waals surface area contributed by atoms with Gasteiger partial charge in [-0.25, -0.2) is 0 Å². The van der Waals surface area contributed by atoms with Crippen molar-refractivity contribution in [2.75, 3.05) is 19.6 Å². The van der Waals surface area contributed by atoms with E-state index in [4.69, 9.17) is 0 Å². The lowest BCUT2D eigenvalue weighted by atomic mass is 9.73. The average Bonchev–Trinajstić information content (AvgIpc) is 3.44. The Kier molecular flexibility index (Phi) is 3.85. The molecule has 5 rings (SSSR count). The van der Waals surface area contributed by atoms with Crippen LogP contribution in [0.25, 0.3) is 10.9 Å². The molecule has 2 aliphatic heterocycles. The van der Waals surface area contributed by atoms with Gasteiger partial charge >= 0.3 is 0 Å². The first-order valence-electron chi connectivity index (χ1n) is 10.2. The van der Waals surface area contributed by atoms with E-state index in [1.165, 1.54) is 48.8 Å². The van der Waals surface area contributed by atoms with E-state index in [1.807, 2.05) is 0 Å². The van der Waals surface area contributed by atoms with Crippen LogP contribution >= 0.6 is 0 Å². The van der Waals surface area contributed by atoms with Crippen LogP contribution in [0.5, 0.6) is 0 Å². The van der Waals surface area contributed by atoms with Gasteiger partial charge in [-0.15, -0.1) is 0 Å². The van der Waals surface area contributed by atoms with Crippen molar-refractivity contribution in [3.05, 3.63) is 36.0 Å². The molecule has 0 bridgehead atoms. The van der Waals surface area contributed by atoms with Gasteiger partial charge in [-0.1, -0.05) is 18.2 Å². The molecule has 2 saturated heterocycles. The van der Waals surface area contributed by atoms with E-state index in [-0.39, 0.29) is 0 Å². The lowest BCUT2D eigenvalue weighted by molar-refractivity contribution is -0.140. The molecule has 2 aromatic rings. The number of aromatic nitrogens is 1. The van der Waals surface area contributed by atoms with Crippen LogP contribution in [0, 0.1) is 5.41 Å². The Balaban J connectivity index is 1.34. The third kappa shape index (κ3) is 2.84. The van der Waals surface area contributed by atoms with E-state index in [9.17, 15) is 4.79 Å². The van der Waals surface area contributed by atoms with Gasteiger partial charge in [0.2, 0.25) is 5.91 Å². The minimum Gasteiger partial charge on any atom is -0.346 e. The summed E-state index contributed by atoms with van der Waals surface area (Å²) >= 11 is 0. The summed E-state index contributed by atoms with van der Waals surface area (Å²) in [4.78, 5) is 17.2. The fourth-order valence-electron chi connectivity index (χ4n) is 5.27. The molecular formula is C22H29N3O. The van der Waals surface area contributed by atoms with Crippen molar-refractivity contribution in [3.63, 3.8) is 0 Å². The van der Waals surface area contributed by atoms with Crippen LogP contribution in [-0.2, 0) is 18.4 Å². The van der Waals surface area contributed by atoms with Gasteiger partial charge in [-0.2, -0.15) is 0 Å². The zero-order valence-electron chi connectivity index (χ0n) is 15.8. The number of nitrogens with zero attached hydrogens (tertiary/aromatic N) is 3. The monoisotopic (exact) mass is 351 g/mol. The Morgan fingerprint density at radius 2 is 2.00 bits per heavy atom. The first-order chi connectivity index (χ1) is 12.6. The van der Waals surface area contributed by atoms with Crippen LogP contribution in [0.15, 0.2) is 30.3 Å². The number of fused-ring (bicyclic) bond motifs is 1. The van der Waals surface area contributed by atoms with Crippen LogP contribution in [-0.4, -0.2) is 46.0 Å². The Labute approximate surface area is 155 Å². The van der Waals surface area contributed by atoms with Gasteiger partial charge in [0.05, 0.1) is 0 Å². The highest BCUT2D eigenvalue weighted by Gasteiger charge is 2.45. The smallest absolute Gasteiger partial charge is 0.222 e. The SMILES string of the molecule is Cn1c(CN2CCC[C@@]3(CCC(=O)N(C4CC4)C3)C2)cc2ccccc21. The molecule has 1 atom stereocenters. The van der Waals surface area contributed by atoms with Crippen molar-refractivity contribution in [2.45, 2.75) is 51.1 Å². The van der Waals surface area contributed by atoms with E-state index in [0.29, 0.717) is 17.4 Å². The summed E-state index contributed by atoms with van der Waals surface area (Å²) in [6, 6.07) is 11.6.